The molecule has 0 bridgehead atoms. The molecular formula is C7H17NO4. The minimum Gasteiger partial charge on any atom is -0.394 e. The summed E-state index contributed by atoms with van der Waals surface area (Å²) in [6.45, 7) is 0.342. The molecule has 0 aromatic rings. The summed E-state index contributed by atoms with van der Waals surface area (Å²) in [7, 11) is 3.06. The molecule has 74 valence electrons. The van der Waals surface area contributed by atoms with E-state index in [-0.39, 0.29) is 25.5 Å². The first-order valence-electron chi connectivity index (χ1n) is 3.74. The van der Waals surface area contributed by atoms with Crippen LogP contribution in [0.25, 0.3) is 0 Å². The van der Waals surface area contributed by atoms with E-state index in [1.54, 1.807) is 7.11 Å². The predicted molar refractivity (Wildman–Crippen MR) is 43.7 cm³/mol. The van der Waals surface area contributed by atoms with Crippen molar-refractivity contribution in [2.75, 3.05) is 34.2 Å². The molecule has 0 aromatic heterocycles. The smallest absolute Gasteiger partial charge is 0.111 e. The third-order valence-electron chi connectivity index (χ3n) is 1.54. The van der Waals surface area contributed by atoms with Crippen molar-refractivity contribution in [2.24, 2.45) is 5.73 Å². The fraction of sp³-hybridized carbons (Fsp3) is 1.00. The number of nitrogens with two attached hydrogens (primary N) is 1. The molecular weight excluding hydrogens is 162 g/mol. The van der Waals surface area contributed by atoms with E-state index in [0.717, 1.165) is 0 Å². The summed E-state index contributed by atoms with van der Waals surface area (Å²) in [6, 6.07) is 0. The standard InChI is InChI=1S/C7H17NO4/c1-10-4-7(12-5-8)6(3-9)11-2/h6-7,9H,3-5,8H2,1-2H3/t6-,7?/m1/s1. The van der Waals surface area contributed by atoms with E-state index in [1.165, 1.54) is 7.11 Å². The fourth-order valence-corrected chi connectivity index (χ4v) is 0.895. The van der Waals surface area contributed by atoms with Gasteiger partial charge in [-0.3, -0.25) is 0 Å². The highest BCUT2D eigenvalue weighted by molar-refractivity contribution is 4.68. The van der Waals surface area contributed by atoms with Gasteiger partial charge in [-0.25, -0.2) is 0 Å². The number of hydrogen-bond acceptors (Lipinski definition) is 5. The molecule has 12 heavy (non-hydrogen) atoms. The zero-order valence-electron chi connectivity index (χ0n) is 7.53. The molecule has 0 aliphatic carbocycles. The molecule has 3 N–H and O–H groups in total. The lowest BCUT2D eigenvalue weighted by Gasteiger charge is -2.23. The Kier molecular flexibility index (Phi) is 7.33. The van der Waals surface area contributed by atoms with E-state index >= 15 is 0 Å². The van der Waals surface area contributed by atoms with Crippen molar-refractivity contribution in [1.82, 2.24) is 0 Å². The average molecular weight is 179 g/mol. The zero-order chi connectivity index (χ0) is 9.40. The van der Waals surface area contributed by atoms with Crippen LogP contribution in [0.5, 0.6) is 0 Å². The van der Waals surface area contributed by atoms with Gasteiger partial charge in [0, 0.05) is 14.2 Å². The first-order valence-corrected chi connectivity index (χ1v) is 3.74. The van der Waals surface area contributed by atoms with Gasteiger partial charge in [-0.15, -0.1) is 0 Å². The van der Waals surface area contributed by atoms with Gasteiger partial charge >= 0.3 is 0 Å². The van der Waals surface area contributed by atoms with Crippen molar-refractivity contribution in [3.63, 3.8) is 0 Å². The summed E-state index contributed by atoms with van der Waals surface area (Å²) in [5.41, 5.74) is 5.19. The highest BCUT2D eigenvalue weighted by Crippen LogP contribution is 2.02. The van der Waals surface area contributed by atoms with E-state index < -0.39 is 0 Å². The summed E-state index contributed by atoms with van der Waals surface area (Å²) in [5, 5.41) is 8.85. The molecule has 1 unspecified atom stereocenters. The molecule has 0 fully saturated rings. The first kappa shape index (κ1) is 11.8. The molecule has 0 saturated heterocycles. The van der Waals surface area contributed by atoms with Crippen LogP contribution in [0.15, 0.2) is 0 Å². The SMILES string of the molecule is COCC(OCN)[C@@H](CO)OC. The highest BCUT2D eigenvalue weighted by atomic mass is 16.6. The highest BCUT2D eigenvalue weighted by Gasteiger charge is 2.20. The van der Waals surface area contributed by atoms with Crippen LogP contribution in [0.3, 0.4) is 0 Å². The number of aliphatic hydroxyl groups is 1. The zero-order valence-corrected chi connectivity index (χ0v) is 7.53. The van der Waals surface area contributed by atoms with Crippen molar-refractivity contribution < 1.29 is 19.3 Å². The Morgan fingerprint density at radius 2 is 2.00 bits per heavy atom. The van der Waals surface area contributed by atoms with Gasteiger partial charge in [0.25, 0.3) is 0 Å². The lowest BCUT2D eigenvalue weighted by molar-refractivity contribution is -0.0995. The van der Waals surface area contributed by atoms with Crippen LogP contribution >= 0.6 is 0 Å². The first-order chi connectivity index (χ1) is 5.79. The fourth-order valence-electron chi connectivity index (χ4n) is 0.895. The third kappa shape index (κ3) is 3.99. The third-order valence-corrected chi connectivity index (χ3v) is 1.54. The Labute approximate surface area is 72.4 Å². The topological polar surface area (TPSA) is 73.9 Å². The van der Waals surface area contributed by atoms with Crippen LogP contribution in [-0.2, 0) is 14.2 Å². The van der Waals surface area contributed by atoms with Gasteiger partial charge in [-0.1, -0.05) is 0 Å². The van der Waals surface area contributed by atoms with Crippen LogP contribution in [0.1, 0.15) is 0 Å². The summed E-state index contributed by atoms with van der Waals surface area (Å²) in [4.78, 5) is 0. The number of aliphatic hydroxyl groups excluding tert-OH is 1. The van der Waals surface area contributed by atoms with Gasteiger partial charge < -0.3 is 25.1 Å². The Hall–Kier alpha value is -0.200. The summed E-state index contributed by atoms with van der Waals surface area (Å²) >= 11 is 0. The van der Waals surface area contributed by atoms with Crippen LogP contribution in [-0.4, -0.2) is 51.5 Å². The van der Waals surface area contributed by atoms with Gasteiger partial charge in [0.15, 0.2) is 0 Å². The Morgan fingerprint density at radius 1 is 1.33 bits per heavy atom. The van der Waals surface area contributed by atoms with Gasteiger partial charge in [-0.05, 0) is 0 Å². The van der Waals surface area contributed by atoms with Crippen LogP contribution in [0, 0.1) is 0 Å². The molecule has 2 atom stereocenters. The van der Waals surface area contributed by atoms with Gasteiger partial charge in [0.2, 0.25) is 0 Å². The molecule has 0 heterocycles. The Morgan fingerprint density at radius 3 is 2.33 bits per heavy atom. The number of hydrogen-bond donors (Lipinski definition) is 2. The lowest BCUT2D eigenvalue weighted by atomic mass is 10.2. The molecule has 0 aromatic carbocycles. The molecule has 0 spiro atoms. The maximum atomic E-state index is 8.85. The second kappa shape index (κ2) is 7.45. The molecule has 5 heteroatoms. The monoisotopic (exact) mass is 179 g/mol. The van der Waals surface area contributed by atoms with E-state index in [2.05, 4.69) is 0 Å². The molecule has 0 aliphatic heterocycles. The quantitative estimate of drug-likeness (QED) is 0.487. The van der Waals surface area contributed by atoms with E-state index in [0.29, 0.717) is 6.61 Å². The van der Waals surface area contributed by atoms with Crippen molar-refractivity contribution in [2.45, 2.75) is 12.2 Å². The van der Waals surface area contributed by atoms with Crippen LogP contribution in [0.4, 0.5) is 0 Å². The second-order valence-corrected chi connectivity index (χ2v) is 2.28. The van der Waals surface area contributed by atoms with Crippen molar-refractivity contribution in [3.8, 4) is 0 Å². The lowest BCUT2D eigenvalue weighted by Crippen LogP contribution is -2.38. The normalized spacial score (nSPS) is 16.0. The largest absolute Gasteiger partial charge is 0.394 e. The minimum atomic E-state index is -0.381. The maximum Gasteiger partial charge on any atom is 0.111 e. The average Bonchev–Trinajstić information content (AvgIpc) is 2.07. The number of methoxy groups -OCH3 is 2. The Bertz CT molecular complexity index is 91.4. The molecule has 5 nitrogen and oxygen atoms in total. The van der Waals surface area contributed by atoms with Gasteiger partial charge in [0.05, 0.1) is 19.9 Å². The predicted octanol–water partition coefficient (Wildman–Crippen LogP) is -1.06. The van der Waals surface area contributed by atoms with Crippen molar-refractivity contribution in [3.05, 3.63) is 0 Å². The molecule has 0 amide bonds. The molecule has 0 rings (SSSR count). The number of ether oxygens (including phenoxy) is 3. The van der Waals surface area contributed by atoms with Gasteiger partial charge in [0.1, 0.15) is 12.2 Å². The molecule has 0 radical (unpaired) electrons. The second-order valence-electron chi connectivity index (χ2n) is 2.28. The maximum absolute atomic E-state index is 8.85. The van der Waals surface area contributed by atoms with Crippen LogP contribution < -0.4 is 5.73 Å². The van der Waals surface area contributed by atoms with Crippen molar-refractivity contribution >= 4 is 0 Å². The Balaban J connectivity index is 3.86. The molecule has 0 saturated carbocycles. The number of rotatable bonds is 7. The summed E-state index contributed by atoms with van der Waals surface area (Å²) < 4.78 is 14.9. The van der Waals surface area contributed by atoms with Crippen molar-refractivity contribution in [1.29, 1.82) is 0 Å². The van der Waals surface area contributed by atoms with E-state index in [1.807, 2.05) is 0 Å². The summed E-state index contributed by atoms with van der Waals surface area (Å²) in [5.74, 6) is 0. The van der Waals surface area contributed by atoms with Gasteiger partial charge in [-0.2, -0.15) is 0 Å². The minimum absolute atomic E-state index is 0.0912. The van der Waals surface area contributed by atoms with E-state index in [4.69, 9.17) is 25.1 Å². The summed E-state index contributed by atoms with van der Waals surface area (Å²) in [6.07, 6.45) is -0.691. The van der Waals surface area contributed by atoms with Crippen LogP contribution in [0.2, 0.25) is 0 Å². The van der Waals surface area contributed by atoms with E-state index in [9.17, 15) is 0 Å². The molecule has 0 aliphatic rings.